The van der Waals surface area contributed by atoms with E-state index in [1.54, 1.807) is 41.7 Å². The molecular weight excluding hydrogens is 334 g/mol. The van der Waals surface area contributed by atoms with E-state index < -0.39 is 0 Å². The maximum Gasteiger partial charge on any atom is 0.260 e. The summed E-state index contributed by atoms with van der Waals surface area (Å²) < 4.78 is 5.53. The standard InChI is InChI=1S/C20H21NO3S/c1-15-4-9-18(25-15)10-11-19(22)16-5-7-17(8-6-16)24-14-20(23)21-12-2-3-13-21/h4-11H,2-3,12-14H2,1H3/b11-10+. The van der Waals surface area contributed by atoms with Gasteiger partial charge in [0.15, 0.2) is 12.4 Å². The SMILES string of the molecule is Cc1ccc(/C=C/C(=O)c2ccc(OCC(=O)N3CCCC3)cc2)s1. The number of thiophene rings is 1. The zero-order valence-corrected chi connectivity index (χ0v) is 15.1. The quantitative estimate of drug-likeness (QED) is 0.582. The van der Waals surface area contributed by atoms with E-state index in [2.05, 4.69) is 0 Å². The molecule has 0 N–H and O–H groups in total. The maximum atomic E-state index is 12.2. The van der Waals surface area contributed by atoms with Gasteiger partial charge in [-0.05, 0) is 68.3 Å². The topological polar surface area (TPSA) is 46.6 Å². The van der Waals surface area contributed by atoms with Crippen LogP contribution in [0.25, 0.3) is 6.08 Å². The van der Waals surface area contributed by atoms with E-state index in [1.165, 1.54) is 4.88 Å². The van der Waals surface area contributed by atoms with Crippen molar-refractivity contribution in [2.24, 2.45) is 0 Å². The van der Waals surface area contributed by atoms with Gasteiger partial charge in [0, 0.05) is 28.4 Å². The number of hydrogen-bond donors (Lipinski definition) is 0. The van der Waals surface area contributed by atoms with Crippen molar-refractivity contribution in [3.8, 4) is 5.75 Å². The summed E-state index contributed by atoms with van der Waals surface area (Å²) in [5, 5.41) is 0. The molecule has 5 heteroatoms. The summed E-state index contributed by atoms with van der Waals surface area (Å²) >= 11 is 1.65. The first-order chi connectivity index (χ1) is 12.1. The zero-order valence-electron chi connectivity index (χ0n) is 14.2. The summed E-state index contributed by atoms with van der Waals surface area (Å²) in [6.45, 7) is 3.74. The Morgan fingerprint density at radius 2 is 1.84 bits per heavy atom. The second-order valence-corrected chi connectivity index (χ2v) is 7.37. The summed E-state index contributed by atoms with van der Waals surface area (Å²) in [6, 6.07) is 10.9. The van der Waals surface area contributed by atoms with Crippen LogP contribution in [0.5, 0.6) is 5.75 Å². The second kappa shape index (κ2) is 8.12. The highest BCUT2D eigenvalue weighted by atomic mass is 32.1. The van der Waals surface area contributed by atoms with Crippen LogP contribution in [0.1, 0.15) is 33.0 Å². The molecule has 2 heterocycles. The fraction of sp³-hybridized carbons (Fsp3) is 0.300. The normalized spacial score (nSPS) is 14.2. The summed E-state index contributed by atoms with van der Waals surface area (Å²) in [5.41, 5.74) is 0.600. The molecule has 4 nitrogen and oxygen atoms in total. The molecule has 0 spiro atoms. The fourth-order valence-electron chi connectivity index (χ4n) is 2.72. The minimum Gasteiger partial charge on any atom is -0.484 e. The molecule has 0 bridgehead atoms. The number of carbonyl (C=O) groups is 2. The Hall–Kier alpha value is -2.40. The van der Waals surface area contributed by atoms with Crippen molar-refractivity contribution in [3.63, 3.8) is 0 Å². The molecule has 0 saturated carbocycles. The average molecular weight is 355 g/mol. The molecule has 1 fully saturated rings. The minimum atomic E-state index is -0.0502. The minimum absolute atomic E-state index is 0.0202. The smallest absolute Gasteiger partial charge is 0.260 e. The summed E-state index contributed by atoms with van der Waals surface area (Å²) in [5.74, 6) is 0.569. The van der Waals surface area contributed by atoms with Gasteiger partial charge in [-0.15, -0.1) is 11.3 Å². The lowest BCUT2D eigenvalue weighted by Crippen LogP contribution is -2.32. The highest BCUT2D eigenvalue weighted by Gasteiger charge is 2.18. The molecule has 1 aromatic heterocycles. The van der Waals surface area contributed by atoms with Crippen molar-refractivity contribution >= 4 is 29.1 Å². The Morgan fingerprint density at radius 1 is 1.12 bits per heavy atom. The predicted molar refractivity (Wildman–Crippen MR) is 100 cm³/mol. The number of likely N-dealkylation sites (tertiary alicyclic amines) is 1. The van der Waals surface area contributed by atoms with Crippen molar-refractivity contribution in [2.75, 3.05) is 19.7 Å². The van der Waals surface area contributed by atoms with Crippen LogP contribution in [0, 0.1) is 6.92 Å². The average Bonchev–Trinajstić information content (AvgIpc) is 3.30. The van der Waals surface area contributed by atoms with Crippen LogP contribution in [0.4, 0.5) is 0 Å². The van der Waals surface area contributed by atoms with Crippen LogP contribution in [-0.2, 0) is 4.79 Å². The number of nitrogens with zero attached hydrogens (tertiary/aromatic N) is 1. The van der Waals surface area contributed by atoms with Gasteiger partial charge in [0.05, 0.1) is 0 Å². The molecule has 3 rings (SSSR count). The molecule has 0 atom stereocenters. The number of aryl methyl sites for hydroxylation is 1. The number of carbonyl (C=O) groups excluding carboxylic acids is 2. The van der Waals surface area contributed by atoms with Gasteiger partial charge >= 0.3 is 0 Å². The van der Waals surface area contributed by atoms with E-state index in [-0.39, 0.29) is 18.3 Å². The molecule has 25 heavy (non-hydrogen) atoms. The number of benzene rings is 1. The molecule has 1 amide bonds. The lowest BCUT2D eigenvalue weighted by atomic mass is 10.1. The van der Waals surface area contributed by atoms with Crippen LogP contribution in [0.2, 0.25) is 0 Å². The predicted octanol–water partition coefficient (Wildman–Crippen LogP) is 3.95. The fourth-order valence-corrected chi connectivity index (χ4v) is 3.50. The van der Waals surface area contributed by atoms with Crippen LogP contribution in [0.3, 0.4) is 0 Å². The third-order valence-corrected chi connectivity index (χ3v) is 5.09. The van der Waals surface area contributed by atoms with E-state index in [1.807, 2.05) is 30.0 Å². The van der Waals surface area contributed by atoms with Gasteiger partial charge in [0.25, 0.3) is 5.91 Å². The van der Waals surface area contributed by atoms with Crippen LogP contribution in [0.15, 0.2) is 42.5 Å². The van der Waals surface area contributed by atoms with E-state index in [9.17, 15) is 9.59 Å². The Labute approximate surface area is 151 Å². The Morgan fingerprint density at radius 3 is 2.48 bits per heavy atom. The first kappa shape index (κ1) is 17.4. The van der Waals surface area contributed by atoms with Gasteiger partial charge in [0.2, 0.25) is 0 Å². The lowest BCUT2D eigenvalue weighted by molar-refractivity contribution is -0.132. The van der Waals surface area contributed by atoms with E-state index in [4.69, 9.17) is 4.74 Å². The summed E-state index contributed by atoms with van der Waals surface area (Å²) in [6.07, 6.45) is 5.55. The van der Waals surface area contributed by atoms with Gasteiger partial charge in [0.1, 0.15) is 5.75 Å². The molecule has 0 aliphatic carbocycles. The number of rotatable bonds is 6. The van der Waals surface area contributed by atoms with Gasteiger partial charge in [-0.2, -0.15) is 0 Å². The monoisotopic (exact) mass is 355 g/mol. The van der Waals surface area contributed by atoms with Crippen LogP contribution >= 0.6 is 11.3 Å². The first-order valence-electron chi connectivity index (χ1n) is 8.41. The van der Waals surface area contributed by atoms with E-state index in [0.717, 1.165) is 30.8 Å². The molecule has 0 unspecified atom stereocenters. The van der Waals surface area contributed by atoms with Crippen molar-refractivity contribution in [3.05, 3.63) is 57.8 Å². The van der Waals surface area contributed by atoms with Crippen molar-refractivity contribution in [1.82, 2.24) is 4.90 Å². The third-order valence-electron chi connectivity index (χ3n) is 4.12. The Kier molecular flexibility index (Phi) is 5.66. The van der Waals surface area contributed by atoms with Gasteiger partial charge in [-0.3, -0.25) is 9.59 Å². The van der Waals surface area contributed by atoms with Gasteiger partial charge in [-0.25, -0.2) is 0 Å². The lowest BCUT2D eigenvalue weighted by Gasteiger charge is -2.15. The van der Waals surface area contributed by atoms with Gasteiger partial charge < -0.3 is 9.64 Å². The summed E-state index contributed by atoms with van der Waals surface area (Å²) in [7, 11) is 0. The highest BCUT2D eigenvalue weighted by Crippen LogP contribution is 2.18. The highest BCUT2D eigenvalue weighted by molar-refractivity contribution is 7.12. The van der Waals surface area contributed by atoms with E-state index >= 15 is 0 Å². The molecule has 0 radical (unpaired) electrons. The molecule has 1 aromatic carbocycles. The third kappa shape index (κ3) is 4.79. The number of allylic oxidation sites excluding steroid dienone is 1. The Bertz CT molecular complexity index is 770. The molecule has 2 aromatic rings. The van der Waals surface area contributed by atoms with Crippen LogP contribution in [-0.4, -0.2) is 36.3 Å². The largest absolute Gasteiger partial charge is 0.484 e. The maximum absolute atomic E-state index is 12.2. The molecular formula is C20H21NO3S. The zero-order chi connectivity index (χ0) is 17.6. The van der Waals surface area contributed by atoms with Crippen molar-refractivity contribution in [1.29, 1.82) is 0 Å². The van der Waals surface area contributed by atoms with Crippen molar-refractivity contribution < 1.29 is 14.3 Å². The first-order valence-corrected chi connectivity index (χ1v) is 9.23. The second-order valence-electron chi connectivity index (χ2n) is 6.05. The molecule has 1 aliphatic rings. The summed E-state index contributed by atoms with van der Waals surface area (Å²) in [4.78, 5) is 28.3. The number of ketones is 1. The van der Waals surface area contributed by atoms with Crippen molar-refractivity contribution in [2.45, 2.75) is 19.8 Å². The molecule has 1 saturated heterocycles. The van der Waals surface area contributed by atoms with Gasteiger partial charge in [-0.1, -0.05) is 0 Å². The van der Waals surface area contributed by atoms with E-state index in [0.29, 0.717) is 11.3 Å². The Balaban J connectivity index is 1.53. The molecule has 130 valence electrons. The van der Waals surface area contributed by atoms with Crippen LogP contribution < -0.4 is 4.74 Å². The number of hydrogen-bond acceptors (Lipinski definition) is 4. The molecule has 1 aliphatic heterocycles. The number of amides is 1. The number of ether oxygens (including phenoxy) is 1.